The quantitative estimate of drug-likeness (QED) is 0.767. The van der Waals surface area contributed by atoms with E-state index in [9.17, 15) is 5.11 Å². The van der Waals surface area contributed by atoms with Crippen molar-refractivity contribution < 1.29 is 9.84 Å². The van der Waals surface area contributed by atoms with Gasteiger partial charge in [0.1, 0.15) is 0 Å². The molecule has 0 aromatic heterocycles. The van der Waals surface area contributed by atoms with E-state index in [0.717, 1.165) is 36.9 Å². The second-order valence-electron chi connectivity index (χ2n) is 7.67. The molecule has 5 atom stereocenters. The highest BCUT2D eigenvalue weighted by Crippen LogP contribution is 2.60. The summed E-state index contributed by atoms with van der Waals surface area (Å²) in [5, 5.41) is 10.5. The van der Waals surface area contributed by atoms with Crippen LogP contribution in [0.2, 0.25) is 0 Å². The molecule has 2 nitrogen and oxygen atoms in total. The molecule has 0 bridgehead atoms. The molecule has 1 fully saturated rings. The highest BCUT2D eigenvalue weighted by atomic mass is 16.5. The third-order valence-electron chi connectivity index (χ3n) is 7.19. The zero-order chi connectivity index (χ0) is 15.3. The monoisotopic (exact) mass is 300 g/mol. The number of hydrogen-bond donors (Lipinski definition) is 1. The Morgan fingerprint density at radius 1 is 1.32 bits per heavy atom. The molecule has 4 aliphatic rings. The van der Waals surface area contributed by atoms with E-state index >= 15 is 0 Å². The fraction of sp³-hybridized carbons (Fsp3) is 0.700. The van der Waals surface area contributed by atoms with E-state index in [4.69, 9.17) is 4.74 Å². The summed E-state index contributed by atoms with van der Waals surface area (Å²) in [5.74, 6) is 3.25. The second-order valence-corrected chi connectivity index (χ2v) is 7.67. The van der Waals surface area contributed by atoms with Gasteiger partial charge in [-0.15, -0.1) is 0 Å². The molecule has 1 unspecified atom stereocenters. The third-order valence-corrected chi connectivity index (χ3v) is 7.19. The summed E-state index contributed by atoms with van der Waals surface area (Å²) in [5.41, 5.74) is 3.52. The number of rotatable bonds is 2. The molecule has 0 heterocycles. The van der Waals surface area contributed by atoms with Gasteiger partial charge in [-0.25, -0.2) is 0 Å². The van der Waals surface area contributed by atoms with Gasteiger partial charge in [0.25, 0.3) is 0 Å². The Labute approximate surface area is 133 Å². The van der Waals surface area contributed by atoms with Gasteiger partial charge in [-0.2, -0.15) is 0 Å². The number of allylic oxidation sites excluding steroid dienone is 4. The summed E-state index contributed by atoms with van der Waals surface area (Å²) < 4.78 is 5.48. The molecule has 0 spiro atoms. The van der Waals surface area contributed by atoms with Crippen LogP contribution in [-0.2, 0) is 4.74 Å². The van der Waals surface area contributed by atoms with Crippen molar-refractivity contribution in [3.8, 4) is 0 Å². The molecule has 0 saturated heterocycles. The minimum absolute atomic E-state index is 0.140. The van der Waals surface area contributed by atoms with Gasteiger partial charge < -0.3 is 9.84 Å². The highest BCUT2D eigenvalue weighted by molar-refractivity contribution is 5.34. The molecule has 0 aromatic rings. The van der Waals surface area contributed by atoms with E-state index in [1.807, 2.05) is 0 Å². The van der Waals surface area contributed by atoms with Crippen LogP contribution in [0.25, 0.3) is 0 Å². The first-order valence-corrected chi connectivity index (χ1v) is 9.00. The number of aliphatic hydroxyl groups is 1. The predicted octanol–water partition coefficient (Wildman–Crippen LogP) is 4.37. The van der Waals surface area contributed by atoms with E-state index in [1.165, 1.54) is 25.7 Å². The average molecular weight is 300 g/mol. The number of hydrogen-bond acceptors (Lipinski definition) is 2. The fourth-order valence-electron chi connectivity index (χ4n) is 5.94. The molecule has 0 aliphatic heterocycles. The van der Waals surface area contributed by atoms with Crippen molar-refractivity contribution in [3.63, 3.8) is 0 Å². The zero-order valence-corrected chi connectivity index (χ0v) is 13.8. The maximum absolute atomic E-state index is 10.5. The van der Waals surface area contributed by atoms with Crippen molar-refractivity contribution in [2.75, 3.05) is 7.11 Å². The predicted molar refractivity (Wildman–Crippen MR) is 88.2 cm³/mol. The van der Waals surface area contributed by atoms with Crippen LogP contribution in [0.3, 0.4) is 0 Å². The molecule has 4 aliphatic carbocycles. The first kappa shape index (κ1) is 14.6. The van der Waals surface area contributed by atoms with E-state index in [1.54, 1.807) is 18.3 Å². The molecule has 2 heteroatoms. The van der Waals surface area contributed by atoms with Gasteiger partial charge in [0.15, 0.2) is 0 Å². The van der Waals surface area contributed by atoms with Gasteiger partial charge in [0.05, 0.1) is 19.0 Å². The summed E-state index contributed by atoms with van der Waals surface area (Å²) in [6.45, 7) is 2.27. The Balaban J connectivity index is 1.63. The summed E-state index contributed by atoms with van der Waals surface area (Å²) in [6, 6.07) is 0. The van der Waals surface area contributed by atoms with Crippen LogP contribution in [-0.4, -0.2) is 18.3 Å². The number of fused-ring (bicyclic) bond motifs is 4. The van der Waals surface area contributed by atoms with Crippen LogP contribution in [0.5, 0.6) is 0 Å². The van der Waals surface area contributed by atoms with Crippen LogP contribution < -0.4 is 0 Å². The van der Waals surface area contributed by atoms with E-state index in [-0.39, 0.29) is 11.5 Å². The van der Waals surface area contributed by atoms with Gasteiger partial charge in [0.2, 0.25) is 0 Å². The standard InChI is InChI=1S/C20H28O2/c1-3-20-11-10-16-15-7-5-14(22-2)12-13(15)4-6-17(16)18(20)8-9-19(20)21/h5,8-9,16-19,21H,3-4,6-7,10-12H2,1-2H3/t16-,17-,18+,19+,20?/m1/s1. The van der Waals surface area contributed by atoms with Gasteiger partial charge >= 0.3 is 0 Å². The smallest absolute Gasteiger partial charge is 0.0959 e. The second kappa shape index (κ2) is 5.26. The van der Waals surface area contributed by atoms with Crippen LogP contribution in [0, 0.1) is 23.2 Å². The largest absolute Gasteiger partial charge is 0.501 e. The number of methoxy groups -OCH3 is 1. The maximum Gasteiger partial charge on any atom is 0.0959 e. The van der Waals surface area contributed by atoms with E-state index in [2.05, 4.69) is 25.2 Å². The summed E-state index contributed by atoms with van der Waals surface area (Å²) >= 11 is 0. The average Bonchev–Trinajstić information content (AvgIpc) is 2.91. The summed E-state index contributed by atoms with van der Waals surface area (Å²) in [6.07, 6.45) is 14.7. The lowest BCUT2D eigenvalue weighted by Crippen LogP contribution is -2.47. The Morgan fingerprint density at radius 2 is 2.18 bits per heavy atom. The maximum atomic E-state index is 10.5. The molecule has 0 aromatic carbocycles. The van der Waals surface area contributed by atoms with Crippen LogP contribution >= 0.6 is 0 Å². The SMILES string of the molecule is CCC12CC[C@@H]3C4=C(CC[C@H]3[C@@H]1C=C[C@@H]2O)CC(OC)=CC4. The van der Waals surface area contributed by atoms with Gasteiger partial charge in [-0.3, -0.25) is 0 Å². The lowest BCUT2D eigenvalue weighted by atomic mass is 9.53. The topological polar surface area (TPSA) is 29.5 Å². The van der Waals surface area contributed by atoms with E-state index in [0.29, 0.717) is 5.92 Å². The van der Waals surface area contributed by atoms with Crippen molar-refractivity contribution >= 4 is 0 Å². The molecule has 4 rings (SSSR count). The van der Waals surface area contributed by atoms with Crippen LogP contribution in [0.1, 0.15) is 51.9 Å². The molecular weight excluding hydrogens is 272 g/mol. The lowest BCUT2D eigenvalue weighted by Gasteiger charge is -2.52. The number of aliphatic hydroxyl groups excluding tert-OH is 1. The zero-order valence-electron chi connectivity index (χ0n) is 13.8. The molecule has 0 amide bonds. The fourth-order valence-corrected chi connectivity index (χ4v) is 5.94. The minimum atomic E-state index is -0.217. The normalized spacial score (nSPS) is 43.3. The molecular formula is C20H28O2. The Kier molecular flexibility index (Phi) is 3.48. The minimum Gasteiger partial charge on any atom is -0.501 e. The lowest BCUT2D eigenvalue weighted by molar-refractivity contribution is -0.0357. The van der Waals surface area contributed by atoms with Gasteiger partial charge in [-0.05, 0) is 62.4 Å². The van der Waals surface area contributed by atoms with Crippen LogP contribution in [0.4, 0.5) is 0 Å². The first-order chi connectivity index (χ1) is 10.7. The Bertz CT molecular complexity index is 556. The Morgan fingerprint density at radius 3 is 2.95 bits per heavy atom. The van der Waals surface area contributed by atoms with Crippen molar-refractivity contribution in [1.29, 1.82) is 0 Å². The molecule has 1 N–H and O–H groups in total. The first-order valence-electron chi connectivity index (χ1n) is 9.00. The molecule has 0 radical (unpaired) electrons. The molecule has 120 valence electrons. The van der Waals surface area contributed by atoms with Crippen molar-refractivity contribution in [2.24, 2.45) is 23.2 Å². The Hall–Kier alpha value is -1.02. The number of ether oxygens (including phenoxy) is 1. The summed E-state index contributed by atoms with van der Waals surface area (Å²) in [4.78, 5) is 0. The van der Waals surface area contributed by atoms with Crippen molar-refractivity contribution in [3.05, 3.63) is 35.1 Å². The van der Waals surface area contributed by atoms with Crippen LogP contribution in [0.15, 0.2) is 35.1 Å². The van der Waals surface area contributed by atoms with Crippen molar-refractivity contribution in [2.45, 2.75) is 58.0 Å². The highest BCUT2D eigenvalue weighted by Gasteiger charge is 2.54. The van der Waals surface area contributed by atoms with Crippen molar-refractivity contribution in [1.82, 2.24) is 0 Å². The van der Waals surface area contributed by atoms with E-state index < -0.39 is 0 Å². The van der Waals surface area contributed by atoms with Gasteiger partial charge in [0, 0.05) is 11.8 Å². The molecule has 1 saturated carbocycles. The summed E-state index contributed by atoms with van der Waals surface area (Å²) in [7, 11) is 1.80. The van der Waals surface area contributed by atoms with Gasteiger partial charge in [-0.1, -0.05) is 30.2 Å². The molecule has 22 heavy (non-hydrogen) atoms. The third kappa shape index (κ3) is 1.89.